The summed E-state index contributed by atoms with van der Waals surface area (Å²) in [5.41, 5.74) is -4.66. The highest BCUT2D eigenvalue weighted by Gasteiger charge is 2.53. The van der Waals surface area contributed by atoms with Crippen LogP contribution in [0.4, 0.5) is 18.0 Å². The zero-order chi connectivity index (χ0) is 20.2. The number of rotatable bonds is 2. The maximum Gasteiger partial charge on any atom is 0.534 e. The highest BCUT2D eigenvalue weighted by atomic mass is 32.2. The second kappa shape index (κ2) is 6.29. The minimum Gasteiger partial charge on any atom is -0.465 e. The van der Waals surface area contributed by atoms with Crippen LogP contribution in [0.2, 0.25) is 0 Å². The Labute approximate surface area is 155 Å². The lowest BCUT2D eigenvalue weighted by Crippen LogP contribution is -2.46. The number of carboxylic acid groups (broad SMARTS) is 1. The molecular weight excluding hydrogens is 387 g/mol. The minimum atomic E-state index is -5.80. The maximum absolute atomic E-state index is 12.7. The van der Waals surface area contributed by atoms with Crippen LogP contribution >= 0.6 is 0 Å². The largest absolute Gasteiger partial charge is 0.534 e. The fraction of sp³-hybridized carbons (Fsp3) is 0.588. The first-order valence-electron chi connectivity index (χ1n) is 8.59. The van der Waals surface area contributed by atoms with Crippen LogP contribution in [0.1, 0.15) is 61.8 Å². The van der Waals surface area contributed by atoms with Gasteiger partial charge >= 0.3 is 21.7 Å². The average Bonchev–Trinajstić information content (AvgIpc) is 2.75. The number of fused-ring (bicyclic) bond motifs is 2. The van der Waals surface area contributed by atoms with Crippen molar-refractivity contribution in [3.63, 3.8) is 0 Å². The Morgan fingerprint density at radius 1 is 1.26 bits per heavy atom. The molecule has 0 saturated heterocycles. The molecule has 1 aromatic rings. The summed E-state index contributed by atoms with van der Waals surface area (Å²) < 4.78 is 65.1. The van der Waals surface area contributed by atoms with Crippen LogP contribution in [0.3, 0.4) is 0 Å². The normalized spacial score (nSPS) is 22.0. The van der Waals surface area contributed by atoms with E-state index < -0.39 is 39.0 Å². The second-order valence-electron chi connectivity index (χ2n) is 7.11. The third-order valence-corrected chi connectivity index (χ3v) is 6.48. The topological polar surface area (TPSA) is 83.9 Å². The number of alkyl halides is 3. The van der Waals surface area contributed by atoms with Crippen LogP contribution < -0.4 is 4.18 Å². The molecule has 0 bridgehead atoms. The average molecular weight is 407 g/mol. The monoisotopic (exact) mass is 407 g/mol. The van der Waals surface area contributed by atoms with Gasteiger partial charge in [-0.2, -0.15) is 21.6 Å². The summed E-state index contributed by atoms with van der Waals surface area (Å²) >= 11 is 0. The highest BCUT2D eigenvalue weighted by Crippen LogP contribution is 2.55. The van der Waals surface area contributed by atoms with Crippen LogP contribution in [-0.2, 0) is 15.7 Å². The quantitative estimate of drug-likeness (QED) is 0.579. The van der Waals surface area contributed by atoms with Gasteiger partial charge in [0.05, 0.1) is 11.6 Å². The molecular formula is C17H20F3NO5S. The molecule has 1 aliphatic carbocycles. The number of hydrogen-bond acceptors (Lipinski definition) is 4. The van der Waals surface area contributed by atoms with Gasteiger partial charge in [-0.15, -0.1) is 0 Å². The van der Waals surface area contributed by atoms with E-state index in [1.807, 2.05) is 0 Å². The molecule has 0 radical (unpaired) electrons. The van der Waals surface area contributed by atoms with E-state index in [1.54, 1.807) is 13.8 Å². The van der Waals surface area contributed by atoms with Crippen LogP contribution in [0, 0.1) is 6.92 Å². The van der Waals surface area contributed by atoms with Crippen LogP contribution in [0.25, 0.3) is 0 Å². The molecule has 10 heteroatoms. The smallest absolute Gasteiger partial charge is 0.465 e. The van der Waals surface area contributed by atoms with Crippen molar-refractivity contribution in [2.45, 2.75) is 63.0 Å². The van der Waals surface area contributed by atoms with Crippen molar-refractivity contribution in [1.29, 1.82) is 0 Å². The number of hydrogen-bond donors (Lipinski definition) is 1. The summed E-state index contributed by atoms with van der Waals surface area (Å²) in [6.07, 6.45) is 2.46. The van der Waals surface area contributed by atoms with E-state index in [9.17, 15) is 31.5 Å². The van der Waals surface area contributed by atoms with Crippen molar-refractivity contribution < 1.29 is 35.7 Å². The predicted octanol–water partition coefficient (Wildman–Crippen LogP) is 4.44. The highest BCUT2D eigenvalue weighted by molar-refractivity contribution is 7.88. The Morgan fingerprint density at radius 3 is 2.37 bits per heavy atom. The molecule has 1 spiro atoms. The standard InChI is InChI=1S/C17H20F3NO5S/c1-10-8-12(26-27(24,25)17(18,19)20)9-13-14(10)11(2)21(15(22)23)16(13)6-4-3-5-7-16/h8-9,11H,3-7H2,1-2H3,(H,22,23). The molecule has 2 aliphatic rings. The molecule has 1 N–H and O–H groups in total. The second-order valence-corrected chi connectivity index (χ2v) is 8.64. The number of aryl methyl sites for hydroxylation is 1. The summed E-state index contributed by atoms with van der Waals surface area (Å²) in [5, 5.41) is 9.78. The third-order valence-electron chi connectivity index (χ3n) is 5.50. The zero-order valence-electron chi connectivity index (χ0n) is 14.8. The van der Waals surface area contributed by atoms with Gasteiger partial charge in [-0.05, 0) is 55.5 Å². The molecule has 1 atom stereocenters. The van der Waals surface area contributed by atoms with Gasteiger partial charge in [0.15, 0.2) is 0 Å². The first-order valence-corrected chi connectivity index (χ1v) is 9.99. The van der Waals surface area contributed by atoms with Crippen molar-refractivity contribution in [3.05, 3.63) is 28.8 Å². The van der Waals surface area contributed by atoms with Crippen molar-refractivity contribution in [1.82, 2.24) is 4.90 Å². The van der Waals surface area contributed by atoms with Crippen LogP contribution in [0.5, 0.6) is 5.75 Å². The first kappa shape index (κ1) is 19.8. The number of halogens is 3. The van der Waals surface area contributed by atoms with Gasteiger partial charge in [-0.25, -0.2) is 4.79 Å². The molecule has 0 aromatic heterocycles. The number of carbonyl (C=O) groups is 1. The van der Waals surface area contributed by atoms with E-state index in [0.717, 1.165) is 19.3 Å². The summed E-state index contributed by atoms with van der Waals surface area (Å²) in [4.78, 5) is 13.3. The van der Waals surface area contributed by atoms with Crippen molar-refractivity contribution in [2.75, 3.05) is 0 Å². The Hall–Kier alpha value is -1.97. The number of amides is 1. The van der Waals surface area contributed by atoms with E-state index in [2.05, 4.69) is 4.18 Å². The van der Waals surface area contributed by atoms with E-state index >= 15 is 0 Å². The molecule has 1 aromatic carbocycles. The number of benzene rings is 1. The van der Waals surface area contributed by atoms with Gasteiger partial charge in [0.2, 0.25) is 0 Å². The van der Waals surface area contributed by atoms with Crippen molar-refractivity contribution in [2.24, 2.45) is 0 Å². The molecule has 1 saturated carbocycles. The fourth-order valence-corrected chi connectivity index (χ4v) is 5.00. The van der Waals surface area contributed by atoms with Gasteiger partial charge in [-0.3, -0.25) is 4.90 Å². The Balaban J connectivity index is 2.15. The lowest BCUT2D eigenvalue weighted by Gasteiger charge is -2.42. The SMILES string of the molecule is Cc1cc(OS(=O)(=O)C(F)(F)F)cc2c1C(C)N(C(=O)O)C21CCCCC1. The summed E-state index contributed by atoms with van der Waals surface area (Å²) in [7, 11) is -5.80. The molecule has 150 valence electrons. The van der Waals surface area contributed by atoms with Crippen LogP contribution in [-0.4, -0.2) is 30.0 Å². The molecule has 27 heavy (non-hydrogen) atoms. The van der Waals surface area contributed by atoms with Gasteiger partial charge in [0.1, 0.15) is 5.75 Å². The minimum absolute atomic E-state index is 0.451. The van der Waals surface area contributed by atoms with Crippen molar-refractivity contribution >= 4 is 16.2 Å². The van der Waals surface area contributed by atoms with Gasteiger partial charge < -0.3 is 9.29 Å². The third kappa shape index (κ3) is 3.03. The molecule has 1 amide bonds. The lowest BCUT2D eigenvalue weighted by atomic mass is 9.76. The van der Waals surface area contributed by atoms with Crippen LogP contribution in [0.15, 0.2) is 12.1 Å². The fourth-order valence-electron chi connectivity index (χ4n) is 4.55. The Bertz CT molecular complexity index is 875. The molecule has 1 heterocycles. The molecule has 1 fully saturated rings. The number of nitrogens with zero attached hydrogens (tertiary/aromatic N) is 1. The summed E-state index contributed by atoms with van der Waals surface area (Å²) in [5.74, 6) is -0.451. The molecule has 1 unspecified atom stereocenters. The van der Waals surface area contributed by atoms with Crippen molar-refractivity contribution in [3.8, 4) is 5.75 Å². The zero-order valence-corrected chi connectivity index (χ0v) is 15.7. The van der Waals surface area contributed by atoms with E-state index in [1.165, 1.54) is 17.0 Å². The van der Waals surface area contributed by atoms with E-state index in [-0.39, 0.29) is 0 Å². The van der Waals surface area contributed by atoms with Gasteiger partial charge in [0.25, 0.3) is 0 Å². The lowest BCUT2D eigenvalue weighted by molar-refractivity contribution is -0.0500. The summed E-state index contributed by atoms with van der Waals surface area (Å²) in [6.45, 7) is 3.35. The van der Waals surface area contributed by atoms with E-state index in [4.69, 9.17) is 0 Å². The van der Waals surface area contributed by atoms with Gasteiger partial charge in [0, 0.05) is 0 Å². The molecule has 6 nitrogen and oxygen atoms in total. The van der Waals surface area contributed by atoms with Gasteiger partial charge in [-0.1, -0.05) is 19.3 Å². The maximum atomic E-state index is 12.7. The Morgan fingerprint density at radius 2 is 1.85 bits per heavy atom. The van der Waals surface area contributed by atoms with E-state index in [0.29, 0.717) is 29.5 Å². The molecule has 1 aliphatic heterocycles. The summed E-state index contributed by atoms with van der Waals surface area (Å²) in [6, 6.07) is 1.99. The Kier molecular flexibility index (Phi) is 4.61. The predicted molar refractivity (Wildman–Crippen MR) is 89.8 cm³/mol. The molecule has 3 rings (SSSR count). The first-order chi connectivity index (χ1) is 12.4.